The van der Waals surface area contributed by atoms with Gasteiger partial charge in [-0.1, -0.05) is 29.5 Å². The molecule has 0 aliphatic heterocycles. The van der Waals surface area contributed by atoms with E-state index in [0.29, 0.717) is 23.1 Å². The van der Waals surface area contributed by atoms with Crippen LogP contribution in [0.1, 0.15) is 28.7 Å². The van der Waals surface area contributed by atoms with Gasteiger partial charge in [0.2, 0.25) is 0 Å². The predicted octanol–water partition coefficient (Wildman–Crippen LogP) is 4.26. The van der Waals surface area contributed by atoms with Crippen LogP contribution in [0.3, 0.4) is 0 Å². The maximum atomic E-state index is 12.5. The van der Waals surface area contributed by atoms with E-state index in [-0.39, 0.29) is 5.78 Å². The Bertz CT molecular complexity index is 886. The van der Waals surface area contributed by atoms with Gasteiger partial charge in [-0.2, -0.15) is 0 Å². The summed E-state index contributed by atoms with van der Waals surface area (Å²) in [6.07, 6.45) is 0. The first-order valence-corrected chi connectivity index (χ1v) is 9.45. The Hall–Kier alpha value is -2.60. The highest BCUT2D eigenvalue weighted by atomic mass is 32.2. The molecule has 0 aliphatic rings. The highest BCUT2D eigenvalue weighted by Gasteiger charge is 2.14. The van der Waals surface area contributed by atoms with Gasteiger partial charge >= 0.3 is 0 Å². The second-order valence-electron chi connectivity index (χ2n) is 5.87. The van der Waals surface area contributed by atoms with Gasteiger partial charge in [0.25, 0.3) is 0 Å². The van der Waals surface area contributed by atoms with Crippen molar-refractivity contribution < 1.29 is 9.53 Å². The number of aryl methyl sites for hydroxylation is 2. The molecular weight excluding hydrogens is 346 g/mol. The van der Waals surface area contributed by atoms with Crippen molar-refractivity contribution in [3.05, 3.63) is 65.5 Å². The third kappa shape index (κ3) is 4.14. The molecule has 1 aromatic heterocycles. The third-order valence-electron chi connectivity index (χ3n) is 3.91. The monoisotopic (exact) mass is 367 g/mol. The lowest BCUT2D eigenvalue weighted by atomic mass is 10.1. The van der Waals surface area contributed by atoms with E-state index < -0.39 is 0 Å². The van der Waals surface area contributed by atoms with Gasteiger partial charge in [0, 0.05) is 11.3 Å². The number of ketones is 1. The van der Waals surface area contributed by atoms with Crippen LogP contribution in [0.15, 0.2) is 53.7 Å². The van der Waals surface area contributed by atoms with Gasteiger partial charge < -0.3 is 4.74 Å². The Morgan fingerprint density at radius 1 is 1.04 bits per heavy atom. The lowest BCUT2D eigenvalue weighted by Gasteiger charge is -2.09. The van der Waals surface area contributed by atoms with Crippen molar-refractivity contribution in [1.82, 2.24) is 14.8 Å². The summed E-state index contributed by atoms with van der Waals surface area (Å²) in [6, 6.07) is 15.4. The van der Waals surface area contributed by atoms with Crippen LogP contribution in [0, 0.1) is 13.8 Å². The zero-order valence-corrected chi connectivity index (χ0v) is 15.9. The van der Waals surface area contributed by atoms with E-state index in [4.69, 9.17) is 4.74 Å². The van der Waals surface area contributed by atoms with Gasteiger partial charge in [-0.05, 0) is 57.2 Å². The number of rotatable bonds is 7. The minimum atomic E-state index is 0.0501. The molecule has 0 aliphatic carbocycles. The topological polar surface area (TPSA) is 57.0 Å². The number of carbonyl (C=O) groups is 1. The SMILES string of the molecule is CCOc1ccc(C(=O)CSc2nnc(C)n2-c2ccc(C)cc2)cc1. The normalized spacial score (nSPS) is 10.7. The molecule has 0 radical (unpaired) electrons. The van der Waals surface area contributed by atoms with Gasteiger partial charge in [0.05, 0.1) is 12.4 Å². The molecule has 0 spiro atoms. The number of carbonyl (C=O) groups excluding carboxylic acids is 1. The van der Waals surface area contributed by atoms with E-state index in [9.17, 15) is 4.79 Å². The van der Waals surface area contributed by atoms with Crippen LogP contribution < -0.4 is 4.74 Å². The summed E-state index contributed by atoms with van der Waals surface area (Å²) in [7, 11) is 0. The summed E-state index contributed by atoms with van der Waals surface area (Å²) in [5, 5.41) is 9.10. The number of ether oxygens (including phenoxy) is 1. The lowest BCUT2D eigenvalue weighted by Crippen LogP contribution is -2.05. The Morgan fingerprint density at radius 2 is 1.73 bits per heavy atom. The molecule has 134 valence electrons. The average Bonchev–Trinajstić information content (AvgIpc) is 3.02. The largest absolute Gasteiger partial charge is 0.494 e. The first-order chi connectivity index (χ1) is 12.6. The van der Waals surface area contributed by atoms with Crippen molar-refractivity contribution in [1.29, 1.82) is 0 Å². The number of aromatic nitrogens is 3. The fourth-order valence-corrected chi connectivity index (χ4v) is 3.44. The summed E-state index contributed by atoms with van der Waals surface area (Å²) in [6.45, 7) is 6.50. The standard InChI is InChI=1S/C20H21N3O2S/c1-4-25-18-11-7-16(8-12-18)19(24)13-26-20-22-21-15(3)23(20)17-9-5-14(2)6-10-17/h5-12H,4,13H2,1-3H3. The van der Waals surface area contributed by atoms with E-state index in [1.807, 2.05) is 61.7 Å². The van der Waals surface area contributed by atoms with Crippen molar-refractivity contribution in [2.45, 2.75) is 25.9 Å². The van der Waals surface area contributed by atoms with Crippen molar-refractivity contribution in [2.24, 2.45) is 0 Å². The zero-order chi connectivity index (χ0) is 18.5. The molecule has 5 nitrogen and oxygen atoms in total. The molecule has 0 saturated heterocycles. The maximum absolute atomic E-state index is 12.5. The van der Waals surface area contributed by atoms with E-state index >= 15 is 0 Å². The van der Waals surface area contributed by atoms with E-state index in [1.165, 1.54) is 17.3 Å². The quantitative estimate of drug-likeness (QED) is 0.461. The van der Waals surface area contributed by atoms with Crippen molar-refractivity contribution >= 4 is 17.5 Å². The number of benzene rings is 2. The van der Waals surface area contributed by atoms with Crippen LogP contribution in [-0.4, -0.2) is 32.9 Å². The highest BCUT2D eigenvalue weighted by molar-refractivity contribution is 7.99. The number of Topliss-reactive ketones (excluding diaryl/α,β-unsaturated/α-hetero) is 1. The molecule has 6 heteroatoms. The summed E-state index contributed by atoms with van der Waals surface area (Å²) in [5.41, 5.74) is 2.85. The van der Waals surface area contributed by atoms with Crippen molar-refractivity contribution in [3.63, 3.8) is 0 Å². The molecule has 0 N–H and O–H groups in total. The molecule has 1 heterocycles. The van der Waals surface area contributed by atoms with Crippen molar-refractivity contribution in [2.75, 3.05) is 12.4 Å². The summed E-state index contributed by atoms with van der Waals surface area (Å²) >= 11 is 1.39. The fourth-order valence-electron chi connectivity index (χ4n) is 2.54. The van der Waals surface area contributed by atoms with Crippen LogP contribution in [0.25, 0.3) is 5.69 Å². The Labute approximate surface area is 157 Å². The number of hydrogen-bond acceptors (Lipinski definition) is 5. The van der Waals surface area contributed by atoms with Crippen LogP contribution in [0.5, 0.6) is 5.75 Å². The van der Waals surface area contributed by atoms with Crippen LogP contribution in [0.4, 0.5) is 0 Å². The smallest absolute Gasteiger partial charge is 0.196 e. The molecule has 0 saturated carbocycles. The molecule has 0 bridgehead atoms. The van der Waals surface area contributed by atoms with Gasteiger partial charge in [-0.15, -0.1) is 10.2 Å². The molecule has 3 aromatic rings. The van der Waals surface area contributed by atoms with E-state index in [0.717, 1.165) is 17.3 Å². The predicted molar refractivity (Wildman–Crippen MR) is 103 cm³/mol. The molecule has 3 rings (SSSR count). The molecule has 0 fully saturated rings. The van der Waals surface area contributed by atoms with Crippen LogP contribution in [0.2, 0.25) is 0 Å². The van der Waals surface area contributed by atoms with Crippen molar-refractivity contribution in [3.8, 4) is 11.4 Å². The van der Waals surface area contributed by atoms with Crippen LogP contribution in [-0.2, 0) is 0 Å². The molecule has 26 heavy (non-hydrogen) atoms. The third-order valence-corrected chi connectivity index (χ3v) is 4.84. The second kappa shape index (κ2) is 8.19. The summed E-state index contributed by atoms with van der Waals surface area (Å²) < 4.78 is 7.38. The Balaban J connectivity index is 1.72. The Kier molecular flexibility index (Phi) is 5.73. The minimum Gasteiger partial charge on any atom is -0.494 e. The average molecular weight is 367 g/mol. The summed E-state index contributed by atoms with van der Waals surface area (Å²) in [5.74, 6) is 1.92. The number of nitrogens with zero attached hydrogens (tertiary/aromatic N) is 3. The molecule has 0 amide bonds. The molecule has 0 atom stereocenters. The first-order valence-electron chi connectivity index (χ1n) is 8.46. The highest BCUT2D eigenvalue weighted by Crippen LogP contribution is 2.23. The van der Waals surface area contributed by atoms with Gasteiger partial charge in [-0.25, -0.2) is 0 Å². The van der Waals surface area contributed by atoms with Gasteiger partial charge in [0.1, 0.15) is 11.6 Å². The first kappa shape index (κ1) is 18.2. The van der Waals surface area contributed by atoms with E-state index in [1.54, 1.807) is 12.1 Å². The number of thioether (sulfide) groups is 1. The maximum Gasteiger partial charge on any atom is 0.196 e. The molecule has 0 unspecified atom stereocenters. The second-order valence-corrected chi connectivity index (χ2v) is 6.81. The minimum absolute atomic E-state index is 0.0501. The molecular formula is C20H21N3O2S. The van der Waals surface area contributed by atoms with Gasteiger partial charge in [0.15, 0.2) is 10.9 Å². The van der Waals surface area contributed by atoms with Crippen LogP contribution >= 0.6 is 11.8 Å². The lowest BCUT2D eigenvalue weighted by molar-refractivity contribution is 0.102. The van der Waals surface area contributed by atoms with Gasteiger partial charge in [-0.3, -0.25) is 9.36 Å². The number of hydrogen-bond donors (Lipinski definition) is 0. The Morgan fingerprint density at radius 3 is 2.38 bits per heavy atom. The van der Waals surface area contributed by atoms with E-state index in [2.05, 4.69) is 10.2 Å². The zero-order valence-electron chi connectivity index (χ0n) is 15.1. The molecule has 2 aromatic carbocycles. The fraction of sp³-hybridized carbons (Fsp3) is 0.250. The summed E-state index contributed by atoms with van der Waals surface area (Å²) in [4.78, 5) is 12.5.